The summed E-state index contributed by atoms with van der Waals surface area (Å²) in [7, 11) is -2.16. The number of sulfonamides is 1. The molecule has 1 aromatic heterocycles. The fraction of sp³-hybridized carbons (Fsp3) is 0.273. The largest absolute Gasteiger partial charge is 0.495 e. The number of hydrogen-bond donors (Lipinski definition) is 0. The van der Waals surface area contributed by atoms with Crippen molar-refractivity contribution < 1.29 is 13.2 Å². The SMILES string of the molecule is COc1ccccc1N(Cc1ccc(C(C)(C)C)cc1)S(=O)(=O)c1cccs1. The van der Waals surface area contributed by atoms with Crippen LogP contribution in [0.2, 0.25) is 0 Å². The normalized spacial score (nSPS) is 12.0. The minimum atomic E-state index is -3.71. The van der Waals surface area contributed by atoms with E-state index in [2.05, 4.69) is 32.9 Å². The van der Waals surface area contributed by atoms with Crippen molar-refractivity contribution in [2.45, 2.75) is 36.9 Å². The summed E-state index contributed by atoms with van der Waals surface area (Å²) in [5.74, 6) is 0.522. The van der Waals surface area contributed by atoms with Crippen LogP contribution in [0.1, 0.15) is 31.9 Å². The summed E-state index contributed by atoms with van der Waals surface area (Å²) in [5.41, 5.74) is 2.70. The molecule has 3 aromatic rings. The summed E-state index contributed by atoms with van der Waals surface area (Å²) in [4.78, 5) is 0. The minimum absolute atomic E-state index is 0.0455. The number of hydrogen-bond acceptors (Lipinski definition) is 4. The lowest BCUT2D eigenvalue weighted by Crippen LogP contribution is -2.30. The topological polar surface area (TPSA) is 46.6 Å². The van der Waals surface area contributed by atoms with E-state index in [1.807, 2.05) is 24.3 Å². The number of thiophene rings is 1. The quantitative estimate of drug-likeness (QED) is 0.538. The highest BCUT2D eigenvalue weighted by molar-refractivity contribution is 7.94. The molecular formula is C22H25NO3S2. The van der Waals surface area contributed by atoms with Gasteiger partial charge in [-0.1, -0.05) is 63.2 Å². The summed E-state index contributed by atoms with van der Waals surface area (Å²) in [6.07, 6.45) is 0. The standard InChI is InChI=1S/C22H25NO3S2/c1-22(2,3)18-13-11-17(12-14-18)16-23(19-8-5-6-9-20(19)26-4)28(24,25)21-10-7-15-27-21/h5-15H,16H2,1-4H3. The fourth-order valence-electron chi connectivity index (χ4n) is 2.93. The van der Waals surface area contributed by atoms with Gasteiger partial charge in [-0.15, -0.1) is 11.3 Å². The zero-order valence-corrected chi connectivity index (χ0v) is 18.2. The summed E-state index contributed by atoms with van der Waals surface area (Å²) < 4.78 is 33.9. The van der Waals surface area contributed by atoms with Crippen LogP contribution in [0.25, 0.3) is 0 Å². The molecule has 0 fully saturated rings. The van der Waals surface area contributed by atoms with Crippen molar-refractivity contribution in [1.82, 2.24) is 0 Å². The van der Waals surface area contributed by atoms with Crippen LogP contribution in [0.5, 0.6) is 5.75 Å². The molecule has 0 unspecified atom stereocenters. The van der Waals surface area contributed by atoms with Crippen molar-refractivity contribution in [2.75, 3.05) is 11.4 Å². The Kier molecular flexibility index (Phi) is 5.82. The molecule has 6 heteroatoms. The number of benzene rings is 2. The van der Waals surface area contributed by atoms with Gasteiger partial charge in [-0.25, -0.2) is 8.42 Å². The van der Waals surface area contributed by atoms with Crippen LogP contribution in [0, 0.1) is 0 Å². The van der Waals surface area contributed by atoms with E-state index in [9.17, 15) is 8.42 Å². The van der Waals surface area contributed by atoms with Crippen LogP contribution in [-0.4, -0.2) is 15.5 Å². The molecule has 1 heterocycles. The Hall–Kier alpha value is -2.31. The van der Waals surface area contributed by atoms with Gasteiger partial charge in [0, 0.05) is 0 Å². The van der Waals surface area contributed by atoms with Gasteiger partial charge >= 0.3 is 0 Å². The second-order valence-corrected chi connectivity index (χ2v) is 10.6. The number of ether oxygens (including phenoxy) is 1. The van der Waals surface area contributed by atoms with E-state index in [0.29, 0.717) is 15.6 Å². The van der Waals surface area contributed by atoms with Crippen molar-refractivity contribution in [3.63, 3.8) is 0 Å². The maximum absolute atomic E-state index is 13.4. The monoisotopic (exact) mass is 415 g/mol. The Bertz CT molecular complexity index is 1020. The first-order valence-corrected chi connectivity index (χ1v) is 11.3. The average Bonchev–Trinajstić information content (AvgIpc) is 3.21. The first-order valence-electron chi connectivity index (χ1n) is 9.02. The van der Waals surface area contributed by atoms with Gasteiger partial charge in [-0.05, 0) is 40.1 Å². The fourth-order valence-corrected chi connectivity index (χ4v) is 5.50. The number of methoxy groups -OCH3 is 1. The molecule has 0 aliphatic rings. The summed E-state index contributed by atoms with van der Waals surface area (Å²) in [5, 5.41) is 1.77. The Morgan fingerprint density at radius 2 is 1.64 bits per heavy atom. The molecule has 3 rings (SSSR count). The lowest BCUT2D eigenvalue weighted by Gasteiger charge is -2.26. The molecule has 0 amide bonds. The van der Waals surface area contributed by atoms with Crippen LogP contribution >= 0.6 is 11.3 Å². The molecule has 0 spiro atoms. The third-order valence-electron chi connectivity index (χ3n) is 4.54. The second-order valence-electron chi connectivity index (χ2n) is 7.56. The first kappa shape index (κ1) is 20.4. The zero-order chi connectivity index (χ0) is 20.4. The van der Waals surface area contributed by atoms with E-state index in [1.165, 1.54) is 21.2 Å². The van der Waals surface area contributed by atoms with Crippen molar-refractivity contribution in [2.24, 2.45) is 0 Å². The molecule has 28 heavy (non-hydrogen) atoms. The van der Waals surface area contributed by atoms with Crippen LogP contribution in [0.4, 0.5) is 5.69 Å². The highest BCUT2D eigenvalue weighted by Crippen LogP contribution is 2.35. The Balaban J connectivity index is 2.05. The zero-order valence-electron chi connectivity index (χ0n) is 16.5. The third kappa shape index (κ3) is 4.23. The Morgan fingerprint density at radius 1 is 0.964 bits per heavy atom. The summed E-state index contributed by atoms with van der Waals surface area (Å²) in [6.45, 7) is 6.70. The van der Waals surface area contributed by atoms with E-state index in [0.717, 1.165) is 5.56 Å². The molecule has 148 valence electrons. The molecule has 0 aliphatic heterocycles. The molecule has 0 bridgehead atoms. The number of para-hydroxylation sites is 2. The van der Waals surface area contributed by atoms with Gasteiger partial charge < -0.3 is 4.74 Å². The molecule has 0 radical (unpaired) electrons. The Labute approximate surface area is 171 Å². The van der Waals surface area contributed by atoms with Crippen molar-refractivity contribution in [3.05, 3.63) is 77.2 Å². The van der Waals surface area contributed by atoms with Gasteiger partial charge in [0.2, 0.25) is 0 Å². The van der Waals surface area contributed by atoms with Crippen molar-refractivity contribution in [1.29, 1.82) is 0 Å². The van der Waals surface area contributed by atoms with E-state index < -0.39 is 10.0 Å². The van der Waals surface area contributed by atoms with Gasteiger partial charge in [0.15, 0.2) is 0 Å². The van der Waals surface area contributed by atoms with Crippen LogP contribution in [-0.2, 0) is 22.0 Å². The maximum atomic E-state index is 13.4. The maximum Gasteiger partial charge on any atom is 0.274 e. The van der Waals surface area contributed by atoms with E-state index in [4.69, 9.17) is 4.74 Å². The van der Waals surface area contributed by atoms with E-state index in [1.54, 1.807) is 36.8 Å². The predicted octanol–water partition coefficient (Wildman–Crippen LogP) is 5.45. The van der Waals surface area contributed by atoms with E-state index in [-0.39, 0.29) is 12.0 Å². The molecule has 0 aliphatic carbocycles. The van der Waals surface area contributed by atoms with Crippen LogP contribution in [0.3, 0.4) is 0 Å². The van der Waals surface area contributed by atoms with Crippen LogP contribution in [0.15, 0.2) is 70.3 Å². The molecular weight excluding hydrogens is 390 g/mol. The van der Waals surface area contributed by atoms with Gasteiger partial charge in [-0.2, -0.15) is 0 Å². The second kappa shape index (κ2) is 7.97. The van der Waals surface area contributed by atoms with Crippen LogP contribution < -0.4 is 9.04 Å². The third-order valence-corrected chi connectivity index (χ3v) is 7.67. The van der Waals surface area contributed by atoms with Gasteiger partial charge in [0.05, 0.1) is 19.3 Å². The molecule has 0 saturated carbocycles. The molecule has 0 atom stereocenters. The number of rotatable bonds is 6. The predicted molar refractivity (Wildman–Crippen MR) is 116 cm³/mol. The van der Waals surface area contributed by atoms with Crippen molar-refractivity contribution >= 4 is 27.0 Å². The molecule has 0 saturated heterocycles. The van der Waals surface area contributed by atoms with E-state index >= 15 is 0 Å². The Morgan fingerprint density at radius 3 is 2.21 bits per heavy atom. The smallest absolute Gasteiger partial charge is 0.274 e. The van der Waals surface area contributed by atoms with Gasteiger partial charge in [0.25, 0.3) is 10.0 Å². The number of anilines is 1. The molecule has 4 nitrogen and oxygen atoms in total. The average molecular weight is 416 g/mol. The van der Waals surface area contributed by atoms with Crippen molar-refractivity contribution in [3.8, 4) is 5.75 Å². The highest BCUT2D eigenvalue weighted by atomic mass is 32.2. The van der Waals surface area contributed by atoms with Gasteiger partial charge in [0.1, 0.15) is 9.96 Å². The first-order chi connectivity index (χ1) is 13.2. The highest BCUT2D eigenvalue weighted by Gasteiger charge is 2.28. The van der Waals surface area contributed by atoms with Gasteiger partial charge in [-0.3, -0.25) is 4.31 Å². The minimum Gasteiger partial charge on any atom is -0.495 e. The number of nitrogens with zero attached hydrogens (tertiary/aromatic N) is 1. The molecule has 0 N–H and O–H groups in total. The molecule has 2 aromatic carbocycles. The lowest BCUT2D eigenvalue weighted by molar-refractivity contribution is 0.415. The lowest BCUT2D eigenvalue weighted by atomic mass is 9.87. The summed E-state index contributed by atoms with van der Waals surface area (Å²) >= 11 is 1.21. The summed E-state index contributed by atoms with van der Waals surface area (Å²) in [6, 6.07) is 18.7.